The van der Waals surface area contributed by atoms with E-state index in [-0.39, 0.29) is 5.69 Å². The first-order valence-electron chi connectivity index (χ1n) is 7.20. The van der Waals surface area contributed by atoms with Crippen LogP contribution in [0.15, 0.2) is 58.2 Å². The lowest BCUT2D eigenvalue weighted by molar-refractivity contribution is -0.126. The van der Waals surface area contributed by atoms with Gasteiger partial charge in [-0.1, -0.05) is 45.4 Å². The Labute approximate surface area is 144 Å². The lowest BCUT2D eigenvalue weighted by Gasteiger charge is -2.15. The van der Waals surface area contributed by atoms with Gasteiger partial charge in [-0.3, -0.25) is 9.59 Å². The Bertz CT molecular complexity index is 882. The van der Waals surface area contributed by atoms with Gasteiger partial charge in [-0.15, -0.1) is 0 Å². The quantitative estimate of drug-likeness (QED) is 0.743. The zero-order valence-electron chi connectivity index (χ0n) is 12.1. The van der Waals surface area contributed by atoms with Gasteiger partial charge < -0.3 is 4.84 Å². The van der Waals surface area contributed by atoms with Crippen molar-refractivity contribution in [2.24, 2.45) is 11.1 Å². The maximum atomic E-state index is 14.0. The highest BCUT2D eigenvalue weighted by Crippen LogP contribution is 2.36. The van der Waals surface area contributed by atoms with Gasteiger partial charge >= 0.3 is 0 Å². The van der Waals surface area contributed by atoms with E-state index < -0.39 is 29.7 Å². The van der Waals surface area contributed by atoms with Crippen LogP contribution in [0.2, 0.25) is 0 Å². The number of rotatable bonds is 2. The van der Waals surface area contributed by atoms with Crippen LogP contribution >= 0.6 is 15.9 Å². The first-order valence-corrected chi connectivity index (χ1v) is 7.99. The molecular weight excluding hydrogens is 379 g/mol. The molecule has 2 heterocycles. The number of para-hydroxylation sites is 1. The first kappa shape index (κ1) is 15.0. The molecular formula is C17H10BrFN2O3. The van der Waals surface area contributed by atoms with E-state index >= 15 is 0 Å². The monoisotopic (exact) mass is 388 g/mol. The number of oxime groups is 1. The summed E-state index contributed by atoms with van der Waals surface area (Å²) >= 11 is 3.34. The summed E-state index contributed by atoms with van der Waals surface area (Å²) in [6.07, 6.45) is -1.05. The van der Waals surface area contributed by atoms with E-state index in [2.05, 4.69) is 21.1 Å². The van der Waals surface area contributed by atoms with Crippen molar-refractivity contribution in [1.29, 1.82) is 0 Å². The van der Waals surface area contributed by atoms with Crippen molar-refractivity contribution in [1.82, 2.24) is 0 Å². The molecule has 0 unspecified atom stereocenters. The van der Waals surface area contributed by atoms with Crippen LogP contribution in [0.1, 0.15) is 5.56 Å². The second-order valence-corrected chi connectivity index (χ2v) is 6.37. The molecule has 1 fully saturated rings. The minimum Gasteiger partial charge on any atom is -0.381 e. The first-order chi connectivity index (χ1) is 11.6. The molecule has 1 saturated heterocycles. The van der Waals surface area contributed by atoms with E-state index in [4.69, 9.17) is 4.84 Å². The number of halogens is 2. The third-order valence-corrected chi connectivity index (χ3v) is 4.57. The van der Waals surface area contributed by atoms with Crippen molar-refractivity contribution >= 4 is 39.1 Å². The molecule has 0 spiro atoms. The SMILES string of the molecule is O=C1[C@H]2C(c3ccc(Br)cc3)=NO[C@H]2C(=O)N1c1ccccc1F. The molecule has 0 bridgehead atoms. The van der Waals surface area contributed by atoms with Crippen LogP contribution in [-0.2, 0) is 14.4 Å². The molecule has 0 radical (unpaired) electrons. The Balaban J connectivity index is 1.73. The van der Waals surface area contributed by atoms with Gasteiger partial charge in [-0.05, 0) is 24.3 Å². The number of imide groups is 1. The Hall–Kier alpha value is -2.54. The average molecular weight is 389 g/mol. The van der Waals surface area contributed by atoms with Crippen molar-refractivity contribution in [2.75, 3.05) is 4.90 Å². The van der Waals surface area contributed by atoms with Gasteiger partial charge in [0.15, 0.2) is 0 Å². The van der Waals surface area contributed by atoms with Gasteiger partial charge in [-0.25, -0.2) is 9.29 Å². The molecule has 0 aromatic heterocycles. The van der Waals surface area contributed by atoms with Crippen LogP contribution in [0.5, 0.6) is 0 Å². The van der Waals surface area contributed by atoms with E-state index in [9.17, 15) is 14.0 Å². The number of amides is 2. The van der Waals surface area contributed by atoms with Crippen molar-refractivity contribution < 1.29 is 18.8 Å². The minimum atomic E-state index is -1.05. The molecule has 24 heavy (non-hydrogen) atoms. The molecule has 2 aromatic carbocycles. The van der Waals surface area contributed by atoms with Crippen LogP contribution < -0.4 is 4.90 Å². The summed E-state index contributed by atoms with van der Waals surface area (Å²) in [6, 6.07) is 12.8. The van der Waals surface area contributed by atoms with Gasteiger partial charge in [0.05, 0.1) is 5.69 Å². The van der Waals surface area contributed by atoms with Gasteiger partial charge in [-0.2, -0.15) is 0 Å². The van der Waals surface area contributed by atoms with Gasteiger partial charge in [0.25, 0.3) is 5.91 Å². The molecule has 2 aliphatic heterocycles. The van der Waals surface area contributed by atoms with E-state index in [1.165, 1.54) is 18.2 Å². The fourth-order valence-electron chi connectivity index (χ4n) is 2.91. The topological polar surface area (TPSA) is 59.0 Å². The Kier molecular flexibility index (Phi) is 3.45. The second kappa shape index (κ2) is 5.52. The fraction of sp³-hybridized carbons (Fsp3) is 0.118. The highest BCUT2D eigenvalue weighted by molar-refractivity contribution is 9.10. The van der Waals surface area contributed by atoms with Crippen molar-refractivity contribution in [2.45, 2.75) is 6.10 Å². The maximum absolute atomic E-state index is 14.0. The molecule has 4 rings (SSSR count). The van der Waals surface area contributed by atoms with Crippen LogP contribution in [0, 0.1) is 11.7 Å². The number of anilines is 1. The number of hydrogen-bond acceptors (Lipinski definition) is 4. The minimum absolute atomic E-state index is 0.0688. The standard InChI is InChI=1S/C17H10BrFN2O3/c18-10-7-5-9(6-8-10)14-13-15(24-20-14)17(23)21(16(13)22)12-4-2-1-3-11(12)19/h1-8,13,15H/t13-,15+/m0/s1. The van der Waals surface area contributed by atoms with Gasteiger partial charge in [0, 0.05) is 10.0 Å². The van der Waals surface area contributed by atoms with Crippen molar-refractivity contribution in [3.63, 3.8) is 0 Å². The lowest BCUT2D eigenvalue weighted by atomic mass is 9.94. The molecule has 5 nitrogen and oxygen atoms in total. The normalized spacial score (nSPS) is 22.4. The summed E-state index contributed by atoms with van der Waals surface area (Å²) in [5.74, 6) is -2.64. The molecule has 120 valence electrons. The van der Waals surface area contributed by atoms with E-state index in [1.807, 2.05) is 0 Å². The third kappa shape index (κ3) is 2.16. The Morgan fingerprint density at radius 2 is 1.75 bits per heavy atom. The largest absolute Gasteiger partial charge is 0.381 e. The summed E-state index contributed by atoms with van der Waals surface area (Å²) in [6.45, 7) is 0. The maximum Gasteiger partial charge on any atom is 0.279 e. The zero-order chi connectivity index (χ0) is 16.8. The Morgan fingerprint density at radius 3 is 2.46 bits per heavy atom. The molecule has 2 amide bonds. The van der Waals surface area contributed by atoms with E-state index in [0.29, 0.717) is 11.3 Å². The number of benzene rings is 2. The number of fused-ring (bicyclic) bond motifs is 1. The molecule has 2 aromatic rings. The van der Waals surface area contributed by atoms with Crippen LogP contribution in [0.3, 0.4) is 0 Å². The summed E-state index contributed by atoms with van der Waals surface area (Å²) in [4.78, 5) is 31.3. The predicted octanol–water partition coefficient (Wildman–Crippen LogP) is 2.88. The molecule has 2 atom stereocenters. The Morgan fingerprint density at radius 1 is 1.04 bits per heavy atom. The predicted molar refractivity (Wildman–Crippen MR) is 87.9 cm³/mol. The molecule has 0 saturated carbocycles. The van der Waals surface area contributed by atoms with Gasteiger partial charge in [0.1, 0.15) is 17.4 Å². The van der Waals surface area contributed by atoms with Crippen LogP contribution in [-0.4, -0.2) is 23.6 Å². The molecule has 0 N–H and O–H groups in total. The van der Waals surface area contributed by atoms with Crippen molar-refractivity contribution in [3.05, 3.63) is 64.4 Å². The highest BCUT2D eigenvalue weighted by Gasteiger charge is 2.56. The molecule has 7 heteroatoms. The van der Waals surface area contributed by atoms with E-state index in [0.717, 1.165) is 9.37 Å². The number of hydrogen-bond donors (Lipinski definition) is 0. The zero-order valence-corrected chi connectivity index (χ0v) is 13.7. The summed E-state index contributed by atoms with van der Waals surface area (Å²) in [7, 11) is 0. The highest BCUT2D eigenvalue weighted by atomic mass is 79.9. The molecule has 2 aliphatic rings. The third-order valence-electron chi connectivity index (χ3n) is 4.05. The summed E-state index contributed by atoms with van der Waals surface area (Å²) < 4.78 is 14.9. The average Bonchev–Trinajstić information content (AvgIpc) is 3.11. The number of nitrogens with zero attached hydrogens (tertiary/aromatic N) is 2. The van der Waals surface area contributed by atoms with Crippen molar-refractivity contribution in [3.8, 4) is 0 Å². The van der Waals surface area contributed by atoms with Crippen LogP contribution in [0.25, 0.3) is 0 Å². The molecule has 0 aliphatic carbocycles. The number of carbonyl (C=O) groups is 2. The summed E-state index contributed by atoms with van der Waals surface area (Å²) in [5, 5.41) is 3.91. The summed E-state index contributed by atoms with van der Waals surface area (Å²) in [5.41, 5.74) is 0.993. The number of carbonyl (C=O) groups excluding carboxylic acids is 2. The van der Waals surface area contributed by atoms with Gasteiger partial charge in [0.2, 0.25) is 12.0 Å². The second-order valence-electron chi connectivity index (χ2n) is 5.45. The lowest BCUT2D eigenvalue weighted by Crippen LogP contribution is -2.33. The fourth-order valence-corrected chi connectivity index (χ4v) is 3.17. The smallest absolute Gasteiger partial charge is 0.279 e. The van der Waals surface area contributed by atoms with E-state index in [1.54, 1.807) is 30.3 Å². The van der Waals surface area contributed by atoms with Crippen LogP contribution in [0.4, 0.5) is 10.1 Å².